The third kappa shape index (κ3) is 4.58. The van der Waals surface area contributed by atoms with Crippen molar-refractivity contribution in [3.05, 3.63) is 59.4 Å². The Morgan fingerprint density at radius 1 is 1.08 bits per heavy atom. The first-order valence-corrected chi connectivity index (χ1v) is 9.49. The Morgan fingerprint density at radius 2 is 1.68 bits per heavy atom. The number of sulfonamides is 1. The van der Waals surface area contributed by atoms with E-state index in [2.05, 4.69) is 25.5 Å². The van der Waals surface area contributed by atoms with Crippen LogP contribution in [0.25, 0.3) is 0 Å². The lowest BCUT2D eigenvalue weighted by atomic mass is 9.86. The van der Waals surface area contributed by atoms with E-state index in [1.54, 1.807) is 6.92 Å². The highest BCUT2D eigenvalue weighted by atomic mass is 32.2. The quantitative estimate of drug-likeness (QED) is 0.865. The van der Waals surface area contributed by atoms with Gasteiger partial charge in [0.25, 0.3) is 0 Å². The van der Waals surface area contributed by atoms with Gasteiger partial charge >= 0.3 is 0 Å². The van der Waals surface area contributed by atoms with Crippen molar-refractivity contribution in [1.82, 2.24) is 4.72 Å². The van der Waals surface area contributed by atoms with E-state index in [1.165, 1.54) is 24.8 Å². The molecule has 0 aliphatic heterocycles. The molecular formula is C19H24FNO3S. The molecule has 0 saturated heterocycles. The predicted molar refractivity (Wildman–Crippen MR) is 96.8 cm³/mol. The molecule has 2 aromatic rings. The van der Waals surface area contributed by atoms with E-state index in [1.807, 2.05) is 24.3 Å². The molecule has 0 aromatic heterocycles. The summed E-state index contributed by atoms with van der Waals surface area (Å²) in [6, 6.07) is 10.9. The Morgan fingerprint density at radius 3 is 2.16 bits per heavy atom. The molecule has 4 nitrogen and oxygen atoms in total. The van der Waals surface area contributed by atoms with Gasteiger partial charge in [0.1, 0.15) is 0 Å². The zero-order chi connectivity index (χ0) is 18.8. The summed E-state index contributed by atoms with van der Waals surface area (Å²) in [5.41, 5.74) is 2.04. The molecule has 0 aliphatic carbocycles. The summed E-state index contributed by atoms with van der Waals surface area (Å²) < 4.78 is 46.1. The molecule has 0 aliphatic rings. The highest BCUT2D eigenvalue weighted by molar-refractivity contribution is 7.89. The molecule has 1 N–H and O–H groups in total. The van der Waals surface area contributed by atoms with Crippen LogP contribution in [-0.2, 0) is 15.4 Å². The van der Waals surface area contributed by atoms with Crippen molar-refractivity contribution >= 4 is 10.0 Å². The molecular weight excluding hydrogens is 341 g/mol. The smallest absolute Gasteiger partial charge is 0.241 e. The zero-order valence-corrected chi connectivity index (χ0v) is 15.9. The van der Waals surface area contributed by atoms with Gasteiger partial charge in [-0.3, -0.25) is 0 Å². The fraction of sp³-hybridized carbons (Fsp3) is 0.368. The first-order chi connectivity index (χ1) is 11.5. The van der Waals surface area contributed by atoms with Crippen LogP contribution >= 0.6 is 0 Å². The van der Waals surface area contributed by atoms with Crippen LogP contribution in [0.5, 0.6) is 5.75 Å². The van der Waals surface area contributed by atoms with Gasteiger partial charge in [-0.05, 0) is 41.7 Å². The SMILES string of the molecule is COc1ccc(S(=O)(=O)NC(C)c2ccc(C(C)(C)C)cc2)cc1F. The Hall–Kier alpha value is -1.92. The molecule has 1 atom stereocenters. The Bertz CT molecular complexity index is 840. The number of hydrogen-bond acceptors (Lipinski definition) is 3. The molecule has 0 fully saturated rings. The molecule has 0 radical (unpaired) electrons. The van der Waals surface area contributed by atoms with Gasteiger partial charge in [-0.25, -0.2) is 17.5 Å². The summed E-state index contributed by atoms with van der Waals surface area (Å²) in [4.78, 5) is -0.135. The van der Waals surface area contributed by atoms with Gasteiger partial charge < -0.3 is 4.74 Å². The van der Waals surface area contributed by atoms with Crippen LogP contribution in [0.3, 0.4) is 0 Å². The molecule has 6 heteroatoms. The van der Waals surface area contributed by atoms with E-state index in [0.717, 1.165) is 11.6 Å². The van der Waals surface area contributed by atoms with Crippen LogP contribution in [0.4, 0.5) is 4.39 Å². The zero-order valence-electron chi connectivity index (χ0n) is 15.1. The lowest BCUT2D eigenvalue weighted by Gasteiger charge is -2.20. The molecule has 136 valence electrons. The summed E-state index contributed by atoms with van der Waals surface area (Å²) in [6.07, 6.45) is 0. The van der Waals surface area contributed by atoms with Crippen molar-refractivity contribution in [2.24, 2.45) is 0 Å². The number of rotatable bonds is 5. The van der Waals surface area contributed by atoms with Crippen molar-refractivity contribution in [1.29, 1.82) is 0 Å². The molecule has 1 unspecified atom stereocenters. The minimum atomic E-state index is -3.84. The minimum absolute atomic E-state index is 0.00441. The number of benzene rings is 2. The number of halogens is 1. The van der Waals surface area contributed by atoms with Crippen molar-refractivity contribution < 1.29 is 17.5 Å². The highest BCUT2D eigenvalue weighted by Crippen LogP contribution is 2.25. The molecule has 0 amide bonds. The number of hydrogen-bond donors (Lipinski definition) is 1. The summed E-state index contributed by atoms with van der Waals surface area (Å²) in [5.74, 6) is -0.711. The van der Waals surface area contributed by atoms with Crippen LogP contribution in [0.2, 0.25) is 0 Å². The van der Waals surface area contributed by atoms with E-state index < -0.39 is 21.9 Å². The highest BCUT2D eigenvalue weighted by Gasteiger charge is 2.21. The average molecular weight is 365 g/mol. The lowest BCUT2D eigenvalue weighted by molar-refractivity contribution is 0.385. The van der Waals surface area contributed by atoms with E-state index in [4.69, 9.17) is 4.74 Å². The monoisotopic (exact) mass is 365 g/mol. The normalized spacial score (nSPS) is 13.5. The van der Waals surface area contributed by atoms with Crippen LogP contribution in [0.1, 0.15) is 44.9 Å². The second-order valence-electron chi connectivity index (χ2n) is 7.01. The fourth-order valence-electron chi connectivity index (χ4n) is 2.45. The van der Waals surface area contributed by atoms with Gasteiger partial charge in [0.05, 0.1) is 12.0 Å². The molecule has 0 spiro atoms. The van der Waals surface area contributed by atoms with Crippen molar-refractivity contribution in [3.63, 3.8) is 0 Å². The average Bonchev–Trinajstić information content (AvgIpc) is 2.53. The number of methoxy groups -OCH3 is 1. The minimum Gasteiger partial charge on any atom is -0.494 e. The first-order valence-electron chi connectivity index (χ1n) is 8.01. The molecule has 25 heavy (non-hydrogen) atoms. The second-order valence-corrected chi connectivity index (χ2v) is 8.73. The number of nitrogens with one attached hydrogen (secondary N) is 1. The van der Waals surface area contributed by atoms with Gasteiger partial charge in [0.15, 0.2) is 11.6 Å². The van der Waals surface area contributed by atoms with Gasteiger partial charge in [-0.1, -0.05) is 45.0 Å². The lowest BCUT2D eigenvalue weighted by Crippen LogP contribution is -2.27. The third-order valence-corrected chi connectivity index (χ3v) is 5.58. The summed E-state index contributed by atoms with van der Waals surface area (Å²) in [5, 5.41) is 0. The maximum atomic E-state index is 13.8. The Labute approximate surface area is 149 Å². The van der Waals surface area contributed by atoms with Gasteiger partial charge in [-0.15, -0.1) is 0 Å². The van der Waals surface area contributed by atoms with Crippen LogP contribution in [0, 0.1) is 5.82 Å². The van der Waals surface area contributed by atoms with E-state index >= 15 is 0 Å². The maximum Gasteiger partial charge on any atom is 0.241 e. The Kier molecular flexibility index (Phi) is 5.54. The van der Waals surface area contributed by atoms with Gasteiger partial charge in [-0.2, -0.15) is 0 Å². The fourth-order valence-corrected chi connectivity index (χ4v) is 3.70. The van der Waals surface area contributed by atoms with E-state index in [-0.39, 0.29) is 16.1 Å². The molecule has 0 heterocycles. The summed E-state index contributed by atoms with van der Waals surface area (Å²) in [6.45, 7) is 8.11. The van der Waals surface area contributed by atoms with Crippen molar-refractivity contribution in [3.8, 4) is 5.75 Å². The summed E-state index contributed by atoms with van der Waals surface area (Å²) >= 11 is 0. The van der Waals surface area contributed by atoms with Gasteiger partial charge in [0.2, 0.25) is 10.0 Å². The van der Waals surface area contributed by atoms with Gasteiger partial charge in [0, 0.05) is 6.04 Å². The largest absolute Gasteiger partial charge is 0.494 e. The third-order valence-electron chi connectivity index (χ3n) is 4.04. The van der Waals surface area contributed by atoms with Crippen LogP contribution in [0.15, 0.2) is 47.4 Å². The van der Waals surface area contributed by atoms with Crippen molar-refractivity contribution in [2.45, 2.75) is 44.0 Å². The van der Waals surface area contributed by atoms with Crippen LogP contribution < -0.4 is 9.46 Å². The maximum absolute atomic E-state index is 13.8. The molecule has 2 rings (SSSR count). The molecule has 0 saturated carbocycles. The van der Waals surface area contributed by atoms with Crippen molar-refractivity contribution in [2.75, 3.05) is 7.11 Å². The number of ether oxygens (including phenoxy) is 1. The van der Waals surface area contributed by atoms with E-state index in [9.17, 15) is 12.8 Å². The second kappa shape index (κ2) is 7.14. The van der Waals surface area contributed by atoms with Crippen LogP contribution in [-0.4, -0.2) is 15.5 Å². The predicted octanol–water partition coefficient (Wildman–Crippen LogP) is 4.17. The topological polar surface area (TPSA) is 55.4 Å². The molecule has 0 bridgehead atoms. The van der Waals surface area contributed by atoms with E-state index in [0.29, 0.717) is 0 Å². The Balaban J connectivity index is 2.21. The first kappa shape index (κ1) is 19.4. The molecule has 2 aromatic carbocycles. The summed E-state index contributed by atoms with van der Waals surface area (Å²) in [7, 11) is -2.51. The standard InChI is InChI=1S/C19H24FNO3S/c1-13(14-6-8-15(9-7-14)19(2,3)4)21-25(22,23)16-10-11-18(24-5)17(20)12-16/h6-13,21H,1-5H3.